The van der Waals surface area contributed by atoms with Crippen LogP contribution >= 0.6 is 0 Å². The summed E-state index contributed by atoms with van der Waals surface area (Å²) >= 11 is 0. The smallest absolute Gasteiger partial charge is 0.267 e. The maximum Gasteiger partial charge on any atom is 0.267 e. The van der Waals surface area contributed by atoms with E-state index in [1.807, 2.05) is 6.07 Å². The molecule has 0 bridgehead atoms. The molecule has 9 heteroatoms. The number of para-hydroxylation sites is 1. The lowest BCUT2D eigenvalue weighted by Gasteiger charge is -2.06. The minimum absolute atomic E-state index is 0.0960. The number of amides is 1. The maximum atomic E-state index is 12.2. The Labute approximate surface area is 150 Å². The molecule has 0 heterocycles. The van der Waals surface area contributed by atoms with Crippen molar-refractivity contribution < 1.29 is 13.2 Å². The predicted octanol–water partition coefficient (Wildman–Crippen LogP) is 1.66. The molecule has 0 aliphatic rings. The highest BCUT2D eigenvalue weighted by atomic mass is 32.2. The van der Waals surface area contributed by atoms with Crippen LogP contribution in [-0.2, 0) is 14.8 Å². The highest BCUT2D eigenvalue weighted by Crippen LogP contribution is 2.15. The van der Waals surface area contributed by atoms with Gasteiger partial charge in [0.2, 0.25) is 10.0 Å². The van der Waals surface area contributed by atoms with Gasteiger partial charge in [-0.25, -0.2) is 13.6 Å². The fraction of sp³-hybridized carbons (Fsp3) is 0. The second-order valence-electron chi connectivity index (χ2n) is 5.00. The van der Waals surface area contributed by atoms with Crippen LogP contribution in [0.2, 0.25) is 0 Å². The molecule has 0 aliphatic carbocycles. The van der Waals surface area contributed by atoms with Gasteiger partial charge in [0, 0.05) is 11.9 Å². The van der Waals surface area contributed by atoms with Crippen LogP contribution in [-0.4, -0.2) is 14.3 Å². The van der Waals surface area contributed by atoms with E-state index in [1.54, 1.807) is 30.3 Å². The molecule has 4 N–H and O–H groups in total. The van der Waals surface area contributed by atoms with Crippen molar-refractivity contribution in [3.63, 3.8) is 0 Å². The Morgan fingerprint density at radius 3 is 2.31 bits per heavy atom. The van der Waals surface area contributed by atoms with Crippen LogP contribution in [0.3, 0.4) is 0 Å². The summed E-state index contributed by atoms with van der Waals surface area (Å²) in [7, 11) is -3.83. The first-order valence-corrected chi connectivity index (χ1v) is 8.70. The largest absolute Gasteiger partial charge is 0.359 e. The van der Waals surface area contributed by atoms with E-state index in [1.165, 1.54) is 30.5 Å². The molecule has 0 saturated carbocycles. The average Bonchev–Trinajstić information content (AvgIpc) is 2.62. The molecule has 0 unspecified atom stereocenters. The Kier molecular flexibility index (Phi) is 5.71. The molecular formula is C17H13N5O3S. The molecule has 0 aromatic heterocycles. The number of hydrogen-bond donors (Lipinski definition) is 3. The van der Waals surface area contributed by atoms with Gasteiger partial charge in [0.05, 0.1) is 16.1 Å². The Hall–Kier alpha value is -3.66. The standard InChI is InChI=1S/C17H13N5O3S/c18-9-12-3-1-2-4-16(12)21-11-13(10-19)17(23)22-14-5-7-15(8-6-14)26(20,24)25/h1-8,11,21H,(H,22,23)(H2,20,24,25)/b13-11-. The summed E-state index contributed by atoms with van der Waals surface area (Å²) in [6, 6.07) is 15.5. The Morgan fingerprint density at radius 1 is 1.08 bits per heavy atom. The summed E-state index contributed by atoms with van der Waals surface area (Å²) in [5.41, 5.74) is 0.877. The average molecular weight is 367 g/mol. The van der Waals surface area contributed by atoms with Crippen molar-refractivity contribution in [2.75, 3.05) is 10.6 Å². The van der Waals surface area contributed by atoms with E-state index < -0.39 is 15.9 Å². The minimum Gasteiger partial charge on any atom is -0.359 e. The minimum atomic E-state index is -3.83. The molecule has 8 nitrogen and oxygen atoms in total. The first-order valence-electron chi connectivity index (χ1n) is 7.15. The third kappa shape index (κ3) is 4.68. The third-order valence-electron chi connectivity index (χ3n) is 3.23. The number of rotatable bonds is 5. The molecule has 1 amide bonds. The van der Waals surface area contributed by atoms with Gasteiger partial charge in [-0.3, -0.25) is 4.79 Å². The van der Waals surface area contributed by atoms with Gasteiger partial charge in [-0.1, -0.05) is 12.1 Å². The monoisotopic (exact) mass is 367 g/mol. The van der Waals surface area contributed by atoms with E-state index in [0.717, 1.165) is 0 Å². The molecule has 0 fully saturated rings. The lowest BCUT2D eigenvalue weighted by atomic mass is 10.2. The number of nitrogens with two attached hydrogens (primary N) is 1. The second-order valence-corrected chi connectivity index (χ2v) is 6.56. The quantitative estimate of drug-likeness (QED) is 0.540. The predicted molar refractivity (Wildman–Crippen MR) is 94.9 cm³/mol. The van der Waals surface area contributed by atoms with Crippen molar-refractivity contribution in [2.24, 2.45) is 5.14 Å². The van der Waals surface area contributed by atoms with Crippen LogP contribution < -0.4 is 15.8 Å². The van der Waals surface area contributed by atoms with Gasteiger partial charge in [0.15, 0.2) is 0 Å². The van der Waals surface area contributed by atoms with Gasteiger partial charge in [0.1, 0.15) is 17.7 Å². The molecule has 0 spiro atoms. The number of anilines is 2. The zero-order valence-corrected chi connectivity index (χ0v) is 14.1. The molecule has 0 saturated heterocycles. The third-order valence-corrected chi connectivity index (χ3v) is 4.15. The summed E-state index contributed by atoms with van der Waals surface area (Å²) in [6.07, 6.45) is 1.18. The fourth-order valence-electron chi connectivity index (χ4n) is 1.93. The van der Waals surface area contributed by atoms with Crippen molar-refractivity contribution in [2.45, 2.75) is 4.90 Å². The van der Waals surface area contributed by atoms with Gasteiger partial charge in [-0.2, -0.15) is 10.5 Å². The number of nitrogens with one attached hydrogen (secondary N) is 2. The lowest BCUT2D eigenvalue weighted by Crippen LogP contribution is -2.15. The SMILES string of the molecule is N#C/C(=C/Nc1ccccc1C#N)C(=O)Nc1ccc(S(N)(=O)=O)cc1. The Bertz CT molecular complexity index is 1050. The Morgan fingerprint density at radius 2 is 1.73 bits per heavy atom. The van der Waals surface area contributed by atoms with Gasteiger partial charge in [0.25, 0.3) is 5.91 Å². The van der Waals surface area contributed by atoms with Crippen molar-refractivity contribution in [1.82, 2.24) is 0 Å². The molecule has 26 heavy (non-hydrogen) atoms. The fourth-order valence-corrected chi connectivity index (χ4v) is 2.45. The first kappa shape index (κ1) is 18.7. The van der Waals surface area contributed by atoms with Crippen molar-refractivity contribution in [1.29, 1.82) is 10.5 Å². The van der Waals surface area contributed by atoms with Gasteiger partial charge >= 0.3 is 0 Å². The van der Waals surface area contributed by atoms with Crippen LogP contribution in [0, 0.1) is 22.7 Å². The topological polar surface area (TPSA) is 149 Å². The molecule has 0 radical (unpaired) electrons. The summed E-state index contributed by atoms with van der Waals surface area (Å²) < 4.78 is 22.4. The number of nitriles is 2. The van der Waals surface area contributed by atoms with Crippen LogP contribution in [0.25, 0.3) is 0 Å². The molecule has 130 valence electrons. The Balaban J connectivity index is 2.14. The van der Waals surface area contributed by atoms with E-state index in [4.69, 9.17) is 15.7 Å². The number of benzene rings is 2. The van der Waals surface area contributed by atoms with E-state index in [9.17, 15) is 13.2 Å². The molecule has 2 rings (SSSR count). The van der Waals surface area contributed by atoms with Gasteiger partial charge < -0.3 is 10.6 Å². The number of carbonyl (C=O) groups is 1. The summed E-state index contributed by atoms with van der Waals surface area (Å²) in [5, 5.41) is 28.4. The summed E-state index contributed by atoms with van der Waals surface area (Å²) in [5.74, 6) is -0.696. The van der Waals surface area contributed by atoms with Gasteiger partial charge in [-0.05, 0) is 36.4 Å². The van der Waals surface area contributed by atoms with Crippen LogP contribution in [0.1, 0.15) is 5.56 Å². The highest BCUT2D eigenvalue weighted by Gasteiger charge is 2.11. The number of sulfonamides is 1. The molecule has 2 aromatic rings. The van der Waals surface area contributed by atoms with Crippen molar-refractivity contribution >= 4 is 27.3 Å². The molecule has 0 aliphatic heterocycles. The van der Waals surface area contributed by atoms with E-state index >= 15 is 0 Å². The first-order chi connectivity index (χ1) is 12.3. The van der Waals surface area contributed by atoms with Crippen LogP contribution in [0.4, 0.5) is 11.4 Å². The van der Waals surface area contributed by atoms with Crippen molar-refractivity contribution in [3.05, 3.63) is 65.9 Å². The number of primary sulfonamides is 1. The van der Waals surface area contributed by atoms with E-state index in [-0.39, 0.29) is 10.5 Å². The second kappa shape index (κ2) is 7.94. The molecule has 2 aromatic carbocycles. The lowest BCUT2D eigenvalue weighted by molar-refractivity contribution is -0.112. The van der Waals surface area contributed by atoms with Crippen LogP contribution in [0.15, 0.2) is 65.2 Å². The number of carbonyl (C=O) groups excluding carboxylic acids is 1. The van der Waals surface area contributed by atoms with Crippen molar-refractivity contribution in [3.8, 4) is 12.1 Å². The summed E-state index contributed by atoms with van der Waals surface area (Å²) in [6.45, 7) is 0. The zero-order valence-electron chi connectivity index (χ0n) is 13.3. The highest BCUT2D eigenvalue weighted by molar-refractivity contribution is 7.89. The van der Waals surface area contributed by atoms with E-state index in [0.29, 0.717) is 16.9 Å². The molecule has 0 atom stereocenters. The normalized spacial score (nSPS) is 11.1. The maximum absolute atomic E-state index is 12.2. The van der Waals surface area contributed by atoms with Gasteiger partial charge in [-0.15, -0.1) is 0 Å². The van der Waals surface area contributed by atoms with E-state index in [2.05, 4.69) is 10.6 Å². The zero-order chi connectivity index (χ0) is 19.2. The number of hydrogen-bond acceptors (Lipinski definition) is 6. The number of nitrogens with zero attached hydrogens (tertiary/aromatic N) is 2. The summed E-state index contributed by atoms with van der Waals surface area (Å²) in [4.78, 5) is 12.1. The van der Waals surface area contributed by atoms with Crippen LogP contribution in [0.5, 0.6) is 0 Å². The molecular weight excluding hydrogens is 354 g/mol.